The zero-order valence-corrected chi connectivity index (χ0v) is 20.0. The van der Waals surface area contributed by atoms with Gasteiger partial charge >= 0.3 is 6.09 Å². The van der Waals surface area contributed by atoms with E-state index in [-0.39, 0.29) is 11.8 Å². The number of carboxylic acid groups (broad SMARTS) is 1. The second-order valence-corrected chi connectivity index (χ2v) is 8.93. The largest absolute Gasteiger partial charge is 0.506 e. The van der Waals surface area contributed by atoms with Gasteiger partial charge in [0.05, 0.1) is 5.69 Å². The van der Waals surface area contributed by atoms with Gasteiger partial charge in [-0.05, 0) is 72.2 Å². The Bertz CT molecular complexity index is 1080. The molecule has 180 valence electrons. The summed E-state index contributed by atoms with van der Waals surface area (Å²) in [7, 11) is 0. The van der Waals surface area contributed by atoms with E-state index < -0.39 is 6.09 Å². The number of aryl methyl sites for hydroxylation is 1. The van der Waals surface area contributed by atoms with Crippen LogP contribution in [0.1, 0.15) is 55.4 Å². The first-order chi connectivity index (χ1) is 16.3. The number of nitrogens with one attached hydrogen (secondary N) is 2. The van der Waals surface area contributed by atoms with Crippen molar-refractivity contribution in [2.75, 3.05) is 5.32 Å². The highest BCUT2D eigenvalue weighted by molar-refractivity contribution is 5.64. The molecule has 0 aliphatic rings. The fraction of sp³-hybridized carbons (Fsp3) is 0.321. The Morgan fingerprint density at radius 3 is 2.38 bits per heavy atom. The molecule has 0 aromatic heterocycles. The van der Waals surface area contributed by atoms with Crippen molar-refractivity contribution in [3.63, 3.8) is 0 Å². The minimum atomic E-state index is -1.02. The van der Waals surface area contributed by atoms with Gasteiger partial charge in [0.15, 0.2) is 0 Å². The van der Waals surface area contributed by atoms with Crippen LogP contribution >= 0.6 is 0 Å². The summed E-state index contributed by atoms with van der Waals surface area (Å²) < 4.78 is 6.07. The molecule has 0 radical (unpaired) electrons. The summed E-state index contributed by atoms with van der Waals surface area (Å²) in [5.41, 5.74) is 5.01. The third-order valence-corrected chi connectivity index (χ3v) is 5.68. The molecule has 34 heavy (non-hydrogen) atoms. The Morgan fingerprint density at radius 2 is 1.71 bits per heavy atom. The van der Waals surface area contributed by atoms with Gasteiger partial charge in [-0.2, -0.15) is 0 Å². The highest BCUT2D eigenvalue weighted by Crippen LogP contribution is 2.28. The van der Waals surface area contributed by atoms with Gasteiger partial charge in [0.25, 0.3) is 0 Å². The highest BCUT2D eigenvalue weighted by atomic mass is 16.5. The molecular formula is C28H34N2O4. The number of rotatable bonds is 11. The molecular weight excluding hydrogens is 428 g/mol. The minimum Gasteiger partial charge on any atom is -0.506 e. The quantitative estimate of drug-likeness (QED) is 0.251. The van der Waals surface area contributed by atoms with Crippen molar-refractivity contribution < 1.29 is 19.7 Å². The molecule has 0 spiro atoms. The van der Waals surface area contributed by atoms with Crippen molar-refractivity contribution in [1.82, 2.24) is 5.32 Å². The van der Waals surface area contributed by atoms with Crippen LogP contribution in [0.4, 0.5) is 10.5 Å². The van der Waals surface area contributed by atoms with Crippen LogP contribution in [0, 0.1) is 0 Å². The first-order valence-corrected chi connectivity index (χ1v) is 11.7. The molecule has 1 unspecified atom stereocenters. The van der Waals surface area contributed by atoms with E-state index in [4.69, 9.17) is 9.84 Å². The zero-order chi connectivity index (χ0) is 24.5. The van der Waals surface area contributed by atoms with E-state index >= 15 is 0 Å². The standard InChI is InChI=1S/C28H34N2O4/c1-19(2)24-13-23(14-25(16-24)34-18-22-7-5-4-6-8-22)17-29-26-12-11-21(15-27(26)31)10-9-20(3)30-28(32)33/h4-8,11-16,19-20,29-31H,9-10,17-18H2,1-3H3,(H,32,33). The molecule has 3 aromatic rings. The van der Waals surface area contributed by atoms with Gasteiger partial charge in [-0.3, -0.25) is 0 Å². The molecule has 0 saturated carbocycles. The number of phenols is 1. The predicted octanol–water partition coefficient (Wildman–Crippen LogP) is 6.30. The van der Waals surface area contributed by atoms with E-state index in [1.165, 1.54) is 5.56 Å². The lowest BCUT2D eigenvalue weighted by Gasteiger charge is -2.15. The van der Waals surface area contributed by atoms with Crippen molar-refractivity contribution in [1.29, 1.82) is 0 Å². The fourth-order valence-electron chi connectivity index (χ4n) is 3.69. The third kappa shape index (κ3) is 7.73. The zero-order valence-electron chi connectivity index (χ0n) is 20.0. The Labute approximate surface area is 201 Å². The van der Waals surface area contributed by atoms with Gasteiger partial charge in [-0.25, -0.2) is 4.79 Å². The van der Waals surface area contributed by atoms with Crippen molar-refractivity contribution in [3.05, 3.63) is 89.0 Å². The van der Waals surface area contributed by atoms with Crippen LogP contribution in [0.25, 0.3) is 0 Å². The van der Waals surface area contributed by atoms with Crippen LogP contribution in [-0.4, -0.2) is 22.3 Å². The molecule has 3 rings (SSSR count). The monoisotopic (exact) mass is 462 g/mol. The summed E-state index contributed by atoms with van der Waals surface area (Å²) >= 11 is 0. The summed E-state index contributed by atoms with van der Waals surface area (Å²) in [6.45, 7) is 7.20. The molecule has 0 aliphatic carbocycles. The second-order valence-electron chi connectivity index (χ2n) is 8.93. The molecule has 1 atom stereocenters. The van der Waals surface area contributed by atoms with Crippen LogP contribution in [-0.2, 0) is 19.6 Å². The van der Waals surface area contributed by atoms with Gasteiger partial charge in [0.1, 0.15) is 18.1 Å². The van der Waals surface area contributed by atoms with E-state index in [9.17, 15) is 9.90 Å². The summed E-state index contributed by atoms with van der Waals surface area (Å²) in [6, 6.07) is 21.8. The van der Waals surface area contributed by atoms with E-state index in [0.717, 1.165) is 22.4 Å². The lowest BCUT2D eigenvalue weighted by molar-refractivity contribution is 0.190. The number of anilines is 1. The molecule has 0 bridgehead atoms. The maximum absolute atomic E-state index is 10.7. The summed E-state index contributed by atoms with van der Waals surface area (Å²) in [5, 5.41) is 25.0. The van der Waals surface area contributed by atoms with Gasteiger partial charge < -0.3 is 25.6 Å². The second kappa shape index (κ2) is 12.0. The SMILES string of the molecule is CC(CCc1ccc(NCc2cc(OCc3ccccc3)cc(C(C)C)c2)c(O)c1)NC(=O)O. The lowest BCUT2D eigenvalue weighted by Crippen LogP contribution is -2.31. The number of hydrogen-bond donors (Lipinski definition) is 4. The first-order valence-electron chi connectivity index (χ1n) is 11.7. The Balaban J connectivity index is 1.63. The van der Waals surface area contributed by atoms with Crippen LogP contribution in [0.2, 0.25) is 0 Å². The maximum atomic E-state index is 10.7. The predicted molar refractivity (Wildman–Crippen MR) is 136 cm³/mol. The van der Waals surface area contributed by atoms with E-state index in [0.29, 0.717) is 37.6 Å². The number of ether oxygens (including phenoxy) is 1. The van der Waals surface area contributed by atoms with Crippen molar-refractivity contribution in [2.45, 2.75) is 58.7 Å². The molecule has 6 nitrogen and oxygen atoms in total. The molecule has 6 heteroatoms. The molecule has 0 saturated heterocycles. The van der Waals surface area contributed by atoms with Crippen LogP contribution in [0.5, 0.6) is 11.5 Å². The average Bonchev–Trinajstić information content (AvgIpc) is 2.81. The molecule has 4 N–H and O–H groups in total. The Kier molecular flexibility index (Phi) is 8.79. The summed E-state index contributed by atoms with van der Waals surface area (Å²) in [6.07, 6.45) is 0.310. The fourth-order valence-corrected chi connectivity index (χ4v) is 3.69. The summed E-state index contributed by atoms with van der Waals surface area (Å²) in [4.78, 5) is 10.7. The van der Waals surface area contributed by atoms with Gasteiger partial charge in [0, 0.05) is 12.6 Å². The Hall–Kier alpha value is -3.67. The number of carbonyl (C=O) groups is 1. The number of benzene rings is 3. The van der Waals surface area contributed by atoms with Crippen LogP contribution in [0.15, 0.2) is 66.7 Å². The topological polar surface area (TPSA) is 90.8 Å². The maximum Gasteiger partial charge on any atom is 0.404 e. The highest BCUT2D eigenvalue weighted by Gasteiger charge is 2.09. The number of hydrogen-bond acceptors (Lipinski definition) is 4. The Morgan fingerprint density at radius 1 is 0.941 bits per heavy atom. The minimum absolute atomic E-state index is 0.149. The van der Waals surface area contributed by atoms with Crippen LogP contribution in [0.3, 0.4) is 0 Å². The van der Waals surface area contributed by atoms with Crippen LogP contribution < -0.4 is 15.4 Å². The van der Waals surface area contributed by atoms with Crippen molar-refractivity contribution in [3.8, 4) is 11.5 Å². The molecule has 3 aromatic carbocycles. The van der Waals surface area contributed by atoms with Crippen molar-refractivity contribution in [2.24, 2.45) is 0 Å². The lowest BCUT2D eigenvalue weighted by atomic mass is 10.00. The molecule has 0 aliphatic heterocycles. The number of aromatic hydroxyl groups is 1. The molecule has 0 heterocycles. The van der Waals surface area contributed by atoms with Gasteiger partial charge in [-0.1, -0.05) is 56.3 Å². The van der Waals surface area contributed by atoms with Gasteiger partial charge in [-0.15, -0.1) is 0 Å². The molecule has 1 amide bonds. The van der Waals surface area contributed by atoms with Crippen molar-refractivity contribution >= 4 is 11.8 Å². The normalized spacial score (nSPS) is 11.8. The molecule has 0 fully saturated rings. The average molecular weight is 463 g/mol. The smallest absolute Gasteiger partial charge is 0.404 e. The third-order valence-electron chi connectivity index (χ3n) is 5.68. The van der Waals surface area contributed by atoms with E-state index in [1.807, 2.05) is 55.5 Å². The van der Waals surface area contributed by atoms with Gasteiger partial charge in [0.2, 0.25) is 0 Å². The van der Waals surface area contributed by atoms with E-state index in [2.05, 4.69) is 36.6 Å². The van der Waals surface area contributed by atoms with E-state index in [1.54, 1.807) is 6.07 Å². The summed E-state index contributed by atoms with van der Waals surface area (Å²) in [5.74, 6) is 1.37. The number of amides is 1. The number of phenolic OH excluding ortho intramolecular Hbond substituents is 1. The first kappa shape index (κ1) is 25.0.